The Balaban J connectivity index is 2.24. The number of esters is 1. The third-order valence-electron chi connectivity index (χ3n) is 4.77. The van der Waals surface area contributed by atoms with Crippen LogP contribution in [0, 0.1) is 11.8 Å². The number of carbonyl (C=O) groups is 1. The van der Waals surface area contributed by atoms with Crippen LogP contribution in [0.5, 0.6) is 0 Å². The first-order chi connectivity index (χ1) is 11.1. The molecule has 4 unspecified atom stereocenters. The van der Waals surface area contributed by atoms with Crippen molar-refractivity contribution in [3.05, 3.63) is 5.70 Å². The van der Waals surface area contributed by atoms with Crippen LogP contribution in [0.2, 0.25) is 0 Å². The smallest absolute Gasteiger partial charge is 0.331 e. The van der Waals surface area contributed by atoms with Crippen molar-refractivity contribution in [2.45, 2.75) is 64.5 Å². The fraction of sp³-hybridized carbons (Fsp3) is 0.824. The Kier molecular flexibility index (Phi) is 6.63. The van der Waals surface area contributed by atoms with Gasteiger partial charge in [0.1, 0.15) is 11.6 Å². The molecule has 2 aliphatic rings. The minimum absolute atomic E-state index is 0.0381. The van der Waals surface area contributed by atoms with Crippen molar-refractivity contribution < 1.29 is 24.3 Å². The molecule has 2 fully saturated rings. The lowest BCUT2D eigenvalue weighted by Gasteiger charge is -2.47. The molecule has 2 rings (SSSR count). The van der Waals surface area contributed by atoms with E-state index in [2.05, 4.69) is 6.92 Å². The van der Waals surface area contributed by atoms with Crippen LogP contribution in [-0.4, -0.2) is 47.4 Å². The Hall–Kier alpha value is -1.36. The van der Waals surface area contributed by atoms with E-state index in [1.54, 1.807) is 6.92 Å². The van der Waals surface area contributed by atoms with E-state index in [-0.39, 0.29) is 30.5 Å². The first-order valence-electron chi connectivity index (χ1n) is 8.63. The summed E-state index contributed by atoms with van der Waals surface area (Å²) in [5, 5.41) is 11.3. The quantitative estimate of drug-likeness (QED) is 0.456. The number of allylic oxidation sites excluding steroid dienone is 1. The molecule has 1 aliphatic carbocycles. The van der Waals surface area contributed by atoms with Gasteiger partial charge in [-0.15, -0.1) is 0 Å². The molecule has 0 spiro atoms. The molecule has 0 aromatic heterocycles. The molecule has 0 radical (unpaired) electrons. The minimum atomic E-state index is -0.616. The Morgan fingerprint density at radius 2 is 2.17 bits per heavy atom. The fourth-order valence-electron chi connectivity index (χ4n) is 3.64. The van der Waals surface area contributed by atoms with E-state index < -0.39 is 6.04 Å². The Morgan fingerprint density at radius 3 is 2.83 bits per heavy atom. The van der Waals surface area contributed by atoms with Crippen LogP contribution >= 0.6 is 0 Å². The van der Waals surface area contributed by atoms with E-state index in [4.69, 9.17) is 9.57 Å². The van der Waals surface area contributed by atoms with Gasteiger partial charge >= 0.3 is 5.97 Å². The summed E-state index contributed by atoms with van der Waals surface area (Å²) in [6.45, 7) is 4.56. The highest BCUT2D eigenvalue weighted by atomic mass is 16.7. The second-order valence-corrected chi connectivity index (χ2v) is 6.35. The molecule has 23 heavy (non-hydrogen) atoms. The first kappa shape index (κ1) is 18.0. The van der Waals surface area contributed by atoms with Crippen LogP contribution in [-0.2, 0) is 19.2 Å². The number of unbranched alkanes of at least 4 members (excludes halogenated alkanes) is 1. The van der Waals surface area contributed by atoms with Crippen LogP contribution < -0.4 is 0 Å². The molecule has 130 valence electrons. The first-order valence-corrected chi connectivity index (χ1v) is 8.63. The number of hydrogen-bond acceptors (Lipinski definition) is 6. The standard InChI is InChI=1S/C17H27NO5/c1-3-5-8-23-18-13(11-19)9-12-10-14(20)6-7-15(12)16(18)17(21)22-4-2/h12,14-16,20H,3-10H2,1-2H3. The van der Waals surface area contributed by atoms with Crippen molar-refractivity contribution in [3.63, 3.8) is 0 Å². The molecule has 1 saturated heterocycles. The molecule has 1 N–H and O–H groups in total. The van der Waals surface area contributed by atoms with E-state index in [0.29, 0.717) is 31.6 Å². The predicted octanol–water partition coefficient (Wildman–Crippen LogP) is 1.85. The van der Waals surface area contributed by atoms with Crippen molar-refractivity contribution in [1.82, 2.24) is 5.06 Å². The molecule has 0 aromatic carbocycles. The highest BCUT2D eigenvalue weighted by molar-refractivity contribution is 5.77. The van der Waals surface area contributed by atoms with E-state index in [1.165, 1.54) is 5.06 Å². The van der Waals surface area contributed by atoms with Gasteiger partial charge in [0.2, 0.25) is 0 Å². The summed E-state index contributed by atoms with van der Waals surface area (Å²) < 4.78 is 5.22. The van der Waals surface area contributed by atoms with Gasteiger partial charge in [-0.1, -0.05) is 13.3 Å². The summed E-state index contributed by atoms with van der Waals surface area (Å²) in [6.07, 6.45) is 3.96. The Morgan fingerprint density at radius 1 is 1.39 bits per heavy atom. The summed E-state index contributed by atoms with van der Waals surface area (Å²) in [6, 6.07) is -0.616. The normalized spacial score (nSPS) is 30.6. The molecule has 0 aromatic rings. The third-order valence-corrected chi connectivity index (χ3v) is 4.77. The third kappa shape index (κ3) is 4.14. The lowest BCUT2D eigenvalue weighted by Crippen LogP contribution is -2.54. The maximum Gasteiger partial charge on any atom is 0.331 e. The Bertz CT molecular complexity index is 460. The van der Waals surface area contributed by atoms with Crippen LogP contribution in [0.15, 0.2) is 5.70 Å². The average molecular weight is 325 g/mol. The molecule has 0 amide bonds. The van der Waals surface area contributed by atoms with E-state index in [1.807, 2.05) is 5.94 Å². The summed E-state index contributed by atoms with van der Waals surface area (Å²) in [4.78, 5) is 29.6. The highest BCUT2D eigenvalue weighted by Gasteiger charge is 2.48. The van der Waals surface area contributed by atoms with Crippen LogP contribution in [0.3, 0.4) is 0 Å². The summed E-state index contributed by atoms with van der Waals surface area (Å²) in [5.74, 6) is 1.71. The van der Waals surface area contributed by atoms with Crippen LogP contribution in [0.25, 0.3) is 0 Å². The molecule has 6 heteroatoms. The molecule has 6 nitrogen and oxygen atoms in total. The van der Waals surface area contributed by atoms with Gasteiger partial charge in [0.05, 0.1) is 19.3 Å². The summed E-state index contributed by atoms with van der Waals surface area (Å²) >= 11 is 0. The number of carbonyl (C=O) groups excluding carboxylic acids is 2. The van der Waals surface area contributed by atoms with Crippen molar-refractivity contribution in [2.75, 3.05) is 13.2 Å². The number of aliphatic hydroxyl groups excluding tert-OH is 1. The van der Waals surface area contributed by atoms with Gasteiger partial charge in [0.15, 0.2) is 6.04 Å². The van der Waals surface area contributed by atoms with Crippen molar-refractivity contribution in [3.8, 4) is 0 Å². The Labute approximate surface area is 137 Å². The second kappa shape index (κ2) is 8.48. The van der Waals surface area contributed by atoms with Gasteiger partial charge in [-0.3, -0.25) is 4.84 Å². The fourth-order valence-corrected chi connectivity index (χ4v) is 3.64. The van der Waals surface area contributed by atoms with Crippen molar-refractivity contribution in [2.24, 2.45) is 11.8 Å². The highest BCUT2D eigenvalue weighted by Crippen LogP contribution is 2.43. The number of hydrogen-bond donors (Lipinski definition) is 1. The number of fused-ring (bicyclic) bond motifs is 1. The molecule has 0 bridgehead atoms. The minimum Gasteiger partial charge on any atom is -0.464 e. The maximum absolute atomic E-state index is 12.5. The summed E-state index contributed by atoms with van der Waals surface area (Å²) in [5.41, 5.74) is 0.356. The zero-order valence-electron chi connectivity index (χ0n) is 14.0. The lowest BCUT2D eigenvalue weighted by atomic mass is 9.70. The molecule has 4 atom stereocenters. The zero-order chi connectivity index (χ0) is 16.8. The van der Waals surface area contributed by atoms with Gasteiger partial charge in [-0.2, -0.15) is 0 Å². The number of piperidine rings is 1. The van der Waals surface area contributed by atoms with Gasteiger partial charge in [-0.25, -0.2) is 14.7 Å². The number of nitrogens with zero attached hydrogens (tertiary/aromatic N) is 1. The van der Waals surface area contributed by atoms with Gasteiger partial charge in [0, 0.05) is 6.42 Å². The predicted molar refractivity (Wildman–Crippen MR) is 83.8 cm³/mol. The lowest BCUT2D eigenvalue weighted by molar-refractivity contribution is -0.211. The van der Waals surface area contributed by atoms with Gasteiger partial charge < -0.3 is 9.84 Å². The van der Waals surface area contributed by atoms with Crippen molar-refractivity contribution >= 4 is 11.9 Å². The molecule has 1 aliphatic heterocycles. The van der Waals surface area contributed by atoms with Crippen LogP contribution in [0.4, 0.5) is 0 Å². The SMILES string of the molecule is CCCCON1C(=C=O)CC2CC(O)CCC2C1C(=O)OCC. The van der Waals surface area contributed by atoms with Crippen molar-refractivity contribution in [1.29, 1.82) is 0 Å². The molecule has 1 saturated carbocycles. The molecular formula is C17H27NO5. The number of aliphatic hydroxyl groups is 1. The van der Waals surface area contributed by atoms with Gasteiger partial charge in [0.25, 0.3) is 0 Å². The monoisotopic (exact) mass is 325 g/mol. The topological polar surface area (TPSA) is 76.1 Å². The van der Waals surface area contributed by atoms with Gasteiger partial charge in [-0.05, 0) is 44.4 Å². The second-order valence-electron chi connectivity index (χ2n) is 6.35. The van der Waals surface area contributed by atoms with E-state index in [0.717, 1.165) is 19.3 Å². The number of hydroxylamine groups is 2. The van der Waals surface area contributed by atoms with E-state index >= 15 is 0 Å². The molecular weight excluding hydrogens is 298 g/mol. The van der Waals surface area contributed by atoms with E-state index in [9.17, 15) is 14.7 Å². The number of rotatable bonds is 6. The summed E-state index contributed by atoms with van der Waals surface area (Å²) in [7, 11) is 0. The largest absolute Gasteiger partial charge is 0.464 e. The molecule has 1 heterocycles. The zero-order valence-corrected chi connectivity index (χ0v) is 14.0. The van der Waals surface area contributed by atoms with Crippen LogP contribution in [0.1, 0.15) is 52.4 Å². The number of ether oxygens (including phenoxy) is 1. The average Bonchev–Trinajstić information content (AvgIpc) is 2.54. The maximum atomic E-state index is 12.5.